The topological polar surface area (TPSA) is 32.3 Å². The molecule has 0 bridgehead atoms. The van der Waals surface area contributed by atoms with Crippen LogP contribution in [0.5, 0.6) is 0 Å². The summed E-state index contributed by atoms with van der Waals surface area (Å²) in [6, 6.07) is 9.30. The number of carbonyl (C=O) groups excluding carboxylic acids is 1. The lowest BCUT2D eigenvalue weighted by Crippen LogP contribution is -2.53. The lowest BCUT2D eigenvalue weighted by molar-refractivity contribution is -0.143. The lowest BCUT2D eigenvalue weighted by atomic mass is 9.86. The predicted molar refractivity (Wildman–Crippen MR) is 110 cm³/mol. The van der Waals surface area contributed by atoms with Crippen LogP contribution in [0.4, 0.5) is 26.3 Å². The van der Waals surface area contributed by atoms with Crippen LogP contribution in [0.1, 0.15) is 53.4 Å². The van der Waals surface area contributed by atoms with E-state index < -0.39 is 46.5 Å². The van der Waals surface area contributed by atoms with E-state index in [1.165, 1.54) is 0 Å². The number of nitrogens with one attached hydrogen (secondary N) is 1. The Hall–Kier alpha value is -2.55. The molecule has 1 N–H and O–H groups in total. The van der Waals surface area contributed by atoms with E-state index >= 15 is 0 Å². The molecule has 1 heterocycles. The fourth-order valence-electron chi connectivity index (χ4n) is 4.73. The second-order valence-electron chi connectivity index (χ2n) is 9.39. The van der Waals surface area contributed by atoms with Gasteiger partial charge in [-0.15, -0.1) is 0 Å². The van der Waals surface area contributed by atoms with Crippen LogP contribution in [0.2, 0.25) is 0 Å². The molecule has 0 spiro atoms. The van der Waals surface area contributed by atoms with Gasteiger partial charge in [-0.2, -0.15) is 26.3 Å². The minimum absolute atomic E-state index is 0.00836. The van der Waals surface area contributed by atoms with Crippen molar-refractivity contribution in [3.05, 3.63) is 70.8 Å². The van der Waals surface area contributed by atoms with E-state index in [0.717, 1.165) is 19.5 Å². The Bertz CT molecular complexity index is 1020. The summed E-state index contributed by atoms with van der Waals surface area (Å²) in [6.45, 7) is 5.52. The van der Waals surface area contributed by atoms with Crippen molar-refractivity contribution in [2.24, 2.45) is 11.8 Å². The predicted octanol–water partition coefficient (Wildman–Crippen LogP) is 5.93. The van der Waals surface area contributed by atoms with E-state index in [9.17, 15) is 31.1 Å². The van der Waals surface area contributed by atoms with Gasteiger partial charge < -0.3 is 5.32 Å². The number of benzene rings is 2. The first-order valence-corrected chi connectivity index (χ1v) is 10.7. The second kappa shape index (κ2) is 8.04. The molecule has 1 aliphatic heterocycles. The van der Waals surface area contributed by atoms with Crippen molar-refractivity contribution in [3.63, 3.8) is 0 Å². The Morgan fingerprint density at radius 2 is 1.55 bits per heavy atom. The summed E-state index contributed by atoms with van der Waals surface area (Å²) < 4.78 is 79.9. The third-order valence-corrected chi connectivity index (χ3v) is 6.81. The van der Waals surface area contributed by atoms with Crippen molar-refractivity contribution in [2.45, 2.75) is 44.2 Å². The summed E-state index contributed by atoms with van der Waals surface area (Å²) in [7, 11) is 0. The number of fused-ring (bicyclic) bond motifs is 1. The normalized spacial score (nSPS) is 22.1. The molecule has 4 rings (SSSR count). The molecule has 1 saturated heterocycles. The summed E-state index contributed by atoms with van der Waals surface area (Å²) in [5, 5.41) is 2.71. The molecule has 0 radical (unpaired) electrons. The van der Waals surface area contributed by atoms with Gasteiger partial charge in [0.25, 0.3) is 5.91 Å². The first-order valence-electron chi connectivity index (χ1n) is 10.7. The number of piperidine rings is 1. The maximum absolute atomic E-state index is 13.6. The fourth-order valence-corrected chi connectivity index (χ4v) is 4.73. The molecule has 3 atom stereocenters. The van der Waals surface area contributed by atoms with Crippen molar-refractivity contribution in [1.82, 2.24) is 10.2 Å². The molecule has 3 nitrogen and oxygen atoms in total. The van der Waals surface area contributed by atoms with Gasteiger partial charge >= 0.3 is 12.4 Å². The Morgan fingerprint density at radius 3 is 2.09 bits per heavy atom. The summed E-state index contributed by atoms with van der Waals surface area (Å²) in [5.41, 5.74) is -3.83. The Labute approximate surface area is 187 Å². The average molecular weight is 470 g/mol. The molecule has 178 valence electrons. The van der Waals surface area contributed by atoms with Crippen LogP contribution in [0.15, 0.2) is 48.5 Å². The molecule has 1 amide bonds. The number of carbonyl (C=O) groups is 1. The lowest BCUT2D eigenvalue weighted by Gasteiger charge is -2.43. The van der Waals surface area contributed by atoms with Crippen molar-refractivity contribution >= 4 is 5.91 Å². The molecule has 9 heteroatoms. The average Bonchev–Trinajstić information content (AvgIpc) is 3.35. The van der Waals surface area contributed by atoms with Crippen molar-refractivity contribution < 1.29 is 31.1 Å². The summed E-state index contributed by atoms with van der Waals surface area (Å²) >= 11 is 0. The number of likely N-dealkylation sites (tertiary alicyclic amines) is 1. The molecule has 2 fully saturated rings. The number of halogens is 6. The van der Waals surface area contributed by atoms with Gasteiger partial charge in [0.2, 0.25) is 0 Å². The largest absolute Gasteiger partial charge is 0.417 e. The first kappa shape index (κ1) is 23.6. The second-order valence-corrected chi connectivity index (χ2v) is 9.39. The fraction of sp³-hybridized carbons (Fsp3) is 0.458. The Balaban J connectivity index is 1.69. The van der Waals surface area contributed by atoms with E-state index in [1.807, 2.05) is 13.8 Å². The number of nitrogens with zero attached hydrogens (tertiary/aromatic N) is 1. The zero-order valence-corrected chi connectivity index (χ0v) is 18.1. The highest BCUT2D eigenvalue weighted by Gasteiger charge is 2.51. The van der Waals surface area contributed by atoms with Crippen LogP contribution in [0, 0.1) is 11.8 Å². The van der Waals surface area contributed by atoms with Gasteiger partial charge in [0.05, 0.1) is 22.7 Å². The molecule has 0 aromatic heterocycles. The number of alkyl halides is 6. The minimum atomic E-state index is -5.12. The highest BCUT2D eigenvalue weighted by atomic mass is 19.4. The SMILES string of the molecule is CC(C)(C(NC(=O)c1ccc(C(F)(F)F)cc1C(F)(F)F)c1ccccc1)N1CC2CC2C1. The van der Waals surface area contributed by atoms with Crippen LogP contribution in [0.25, 0.3) is 0 Å². The van der Waals surface area contributed by atoms with Crippen molar-refractivity contribution in [1.29, 1.82) is 0 Å². The zero-order valence-electron chi connectivity index (χ0n) is 18.1. The Kier molecular flexibility index (Phi) is 5.75. The molecular weight excluding hydrogens is 446 g/mol. The smallest absolute Gasteiger partial charge is 0.343 e. The van der Waals surface area contributed by atoms with Crippen LogP contribution in [-0.2, 0) is 12.4 Å². The van der Waals surface area contributed by atoms with Crippen LogP contribution in [0.3, 0.4) is 0 Å². The molecular formula is C24H24F6N2O. The zero-order chi connectivity index (χ0) is 24.2. The summed E-state index contributed by atoms with van der Waals surface area (Å²) in [6.07, 6.45) is -8.92. The molecule has 2 aromatic carbocycles. The highest BCUT2D eigenvalue weighted by Crippen LogP contribution is 2.49. The molecule has 1 aliphatic carbocycles. The monoisotopic (exact) mass is 470 g/mol. The first-order chi connectivity index (χ1) is 15.3. The molecule has 1 saturated carbocycles. The molecule has 2 aliphatic rings. The van der Waals surface area contributed by atoms with Crippen molar-refractivity contribution in [3.8, 4) is 0 Å². The van der Waals surface area contributed by atoms with E-state index in [-0.39, 0.29) is 6.07 Å². The van der Waals surface area contributed by atoms with Gasteiger partial charge in [0.1, 0.15) is 0 Å². The summed E-state index contributed by atoms with van der Waals surface area (Å²) in [5.74, 6) is 0.133. The van der Waals surface area contributed by atoms with Crippen LogP contribution < -0.4 is 5.32 Å². The highest BCUT2D eigenvalue weighted by molar-refractivity contribution is 5.96. The number of hydrogen-bond donors (Lipinski definition) is 1. The van der Waals surface area contributed by atoms with Crippen LogP contribution >= 0.6 is 0 Å². The van der Waals surface area contributed by atoms with Gasteiger partial charge in [-0.3, -0.25) is 9.69 Å². The summed E-state index contributed by atoms with van der Waals surface area (Å²) in [4.78, 5) is 15.3. The molecule has 2 aromatic rings. The van der Waals surface area contributed by atoms with Gasteiger partial charge in [-0.05, 0) is 55.9 Å². The van der Waals surface area contributed by atoms with E-state index in [1.54, 1.807) is 30.3 Å². The van der Waals surface area contributed by atoms with E-state index in [4.69, 9.17) is 0 Å². The third-order valence-electron chi connectivity index (χ3n) is 6.81. The number of rotatable bonds is 5. The van der Waals surface area contributed by atoms with Gasteiger partial charge in [0.15, 0.2) is 0 Å². The Morgan fingerprint density at radius 1 is 0.939 bits per heavy atom. The van der Waals surface area contributed by atoms with Crippen LogP contribution in [-0.4, -0.2) is 29.4 Å². The van der Waals surface area contributed by atoms with Gasteiger partial charge in [0, 0.05) is 18.6 Å². The van der Waals surface area contributed by atoms with E-state index in [2.05, 4.69) is 10.2 Å². The molecule has 33 heavy (non-hydrogen) atoms. The quantitative estimate of drug-likeness (QED) is 0.550. The standard InChI is InChI=1S/C24H24F6N2O/c1-22(2,32-12-15-10-16(15)13-32)20(14-6-4-3-5-7-14)31-21(33)18-9-8-17(23(25,26)27)11-19(18)24(28,29)30/h3-9,11,15-16,20H,10,12-13H2,1-2H3,(H,31,33). The number of amides is 1. The molecule has 3 unspecified atom stereocenters. The van der Waals surface area contributed by atoms with E-state index in [0.29, 0.717) is 29.5 Å². The number of hydrogen-bond acceptors (Lipinski definition) is 2. The maximum atomic E-state index is 13.6. The van der Waals surface area contributed by atoms with Crippen molar-refractivity contribution in [2.75, 3.05) is 13.1 Å². The van der Waals surface area contributed by atoms with Gasteiger partial charge in [-0.25, -0.2) is 0 Å². The third kappa shape index (κ3) is 4.74. The van der Waals surface area contributed by atoms with Gasteiger partial charge in [-0.1, -0.05) is 30.3 Å². The minimum Gasteiger partial charge on any atom is -0.343 e. The maximum Gasteiger partial charge on any atom is 0.417 e.